The molecule has 1 aliphatic carbocycles. The highest BCUT2D eigenvalue weighted by atomic mass is 16.6. The molecular weight excluding hydrogens is 346 g/mol. The molecule has 0 spiro atoms. The second-order valence-corrected chi connectivity index (χ2v) is 8.05. The summed E-state index contributed by atoms with van der Waals surface area (Å²) in [7, 11) is 0. The molecule has 6 heteroatoms. The normalized spacial score (nSPS) is 21.5. The molecule has 0 bridgehead atoms. The number of carbonyl (C=O) groups excluding carboxylic acids is 1. The Hall–Kier alpha value is -1.63. The highest BCUT2D eigenvalue weighted by Gasteiger charge is 2.24. The summed E-state index contributed by atoms with van der Waals surface area (Å²) >= 11 is 0. The van der Waals surface area contributed by atoms with E-state index in [4.69, 9.17) is 14.2 Å². The van der Waals surface area contributed by atoms with Gasteiger partial charge in [-0.2, -0.15) is 0 Å². The number of benzene rings is 1. The zero-order valence-corrected chi connectivity index (χ0v) is 16.6. The Labute approximate surface area is 162 Å². The van der Waals surface area contributed by atoms with Crippen LogP contribution in [-0.2, 0) is 20.8 Å². The number of aliphatic hydroxyl groups excluding tert-OH is 1. The van der Waals surface area contributed by atoms with Crippen molar-refractivity contribution in [3.05, 3.63) is 35.9 Å². The summed E-state index contributed by atoms with van der Waals surface area (Å²) in [6, 6.07) is 9.72. The Morgan fingerprint density at radius 3 is 2.26 bits per heavy atom. The predicted octanol–water partition coefficient (Wildman–Crippen LogP) is 3.42. The third kappa shape index (κ3) is 8.73. The Bertz CT molecular complexity index is 549. The first-order chi connectivity index (χ1) is 12.9. The molecule has 1 amide bonds. The van der Waals surface area contributed by atoms with Crippen LogP contribution < -0.4 is 5.32 Å². The second-order valence-electron chi connectivity index (χ2n) is 8.05. The number of amides is 1. The van der Waals surface area contributed by atoms with Gasteiger partial charge in [-0.25, -0.2) is 4.79 Å². The molecule has 1 atom stereocenters. The Balaban J connectivity index is 1.63. The maximum Gasteiger partial charge on any atom is 0.408 e. The van der Waals surface area contributed by atoms with E-state index in [-0.39, 0.29) is 25.4 Å². The van der Waals surface area contributed by atoms with E-state index >= 15 is 0 Å². The minimum absolute atomic E-state index is 0.135. The van der Waals surface area contributed by atoms with E-state index in [9.17, 15) is 9.90 Å². The third-order valence-electron chi connectivity index (χ3n) is 4.42. The van der Waals surface area contributed by atoms with Crippen molar-refractivity contribution in [2.24, 2.45) is 0 Å². The Kier molecular flexibility index (Phi) is 8.54. The lowest BCUT2D eigenvalue weighted by Gasteiger charge is -2.30. The average Bonchev–Trinajstić information content (AvgIpc) is 2.63. The average molecular weight is 379 g/mol. The molecule has 0 heterocycles. The third-order valence-corrected chi connectivity index (χ3v) is 4.42. The van der Waals surface area contributed by atoms with Crippen molar-refractivity contribution < 1.29 is 24.1 Å². The summed E-state index contributed by atoms with van der Waals surface area (Å²) in [5.74, 6) is 0. The number of aliphatic hydroxyl groups is 1. The molecule has 0 aliphatic heterocycles. The molecule has 1 aliphatic rings. The predicted molar refractivity (Wildman–Crippen MR) is 103 cm³/mol. The molecular formula is C21H33NO5. The van der Waals surface area contributed by atoms with E-state index in [1.165, 1.54) is 5.56 Å². The van der Waals surface area contributed by atoms with Crippen LogP contribution in [0.5, 0.6) is 0 Å². The van der Waals surface area contributed by atoms with Crippen LogP contribution in [0.1, 0.15) is 52.0 Å². The summed E-state index contributed by atoms with van der Waals surface area (Å²) in [6.07, 6.45) is 3.62. The summed E-state index contributed by atoms with van der Waals surface area (Å²) in [6.45, 7) is 6.13. The van der Waals surface area contributed by atoms with Crippen molar-refractivity contribution in [3.8, 4) is 0 Å². The standard InChI is InChI=1S/C21H33NO5/c1-21(2,3)27-20(24)22-17(13-23)15-26-19-11-9-18(10-12-19)25-14-16-7-5-4-6-8-16/h4-8,17-19,23H,9-15H2,1-3H3,(H,22,24)/t17-,18-,19-/m0/s1. The lowest BCUT2D eigenvalue weighted by Crippen LogP contribution is -2.44. The SMILES string of the molecule is CC(C)(C)OC(=O)N[C@@H](CO)CO[C@H]1CC[C@H](OCc2ccccc2)CC1. The van der Waals surface area contributed by atoms with E-state index in [1.807, 2.05) is 18.2 Å². The van der Waals surface area contributed by atoms with Crippen molar-refractivity contribution in [2.45, 2.75) is 76.9 Å². The van der Waals surface area contributed by atoms with E-state index in [0.717, 1.165) is 25.7 Å². The fourth-order valence-corrected chi connectivity index (χ4v) is 3.02. The van der Waals surface area contributed by atoms with Crippen LogP contribution in [-0.4, -0.2) is 48.3 Å². The van der Waals surface area contributed by atoms with Gasteiger partial charge in [0.05, 0.1) is 38.1 Å². The van der Waals surface area contributed by atoms with Gasteiger partial charge in [0.15, 0.2) is 0 Å². The summed E-state index contributed by atoms with van der Waals surface area (Å²) in [4.78, 5) is 11.8. The molecule has 27 heavy (non-hydrogen) atoms. The highest BCUT2D eigenvalue weighted by molar-refractivity contribution is 5.68. The summed E-state index contributed by atoms with van der Waals surface area (Å²) in [5.41, 5.74) is 0.623. The lowest BCUT2D eigenvalue weighted by atomic mass is 9.95. The molecule has 0 saturated heterocycles. The monoisotopic (exact) mass is 379 g/mol. The topological polar surface area (TPSA) is 77.0 Å². The lowest BCUT2D eigenvalue weighted by molar-refractivity contribution is -0.0444. The van der Waals surface area contributed by atoms with Crippen LogP contribution in [0.25, 0.3) is 0 Å². The maximum absolute atomic E-state index is 11.8. The van der Waals surface area contributed by atoms with Gasteiger partial charge in [0.2, 0.25) is 0 Å². The van der Waals surface area contributed by atoms with Gasteiger partial charge in [-0.15, -0.1) is 0 Å². The molecule has 2 N–H and O–H groups in total. The maximum atomic E-state index is 11.8. The number of ether oxygens (including phenoxy) is 3. The van der Waals surface area contributed by atoms with E-state index < -0.39 is 17.7 Å². The smallest absolute Gasteiger partial charge is 0.408 e. The first kappa shape index (κ1) is 21.7. The van der Waals surface area contributed by atoms with Crippen molar-refractivity contribution in [1.82, 2.24) is 5.32 Å². The van der Waals surface area contributed by atoms with E-state index in [1.54, 1.807) is 20.8 Å². The Morgan fingerprint density at radius 1 is 1.11 bits per heavy atom. The quantitative estimate of drug-likeness (QED) is 0.724. The molecule has 0 unspecified atom stereocenters. The van der Waals surface area contributed by atoms with Crippen LogP contribution in [0.2, 0.25) is 0 Å². The van der Waals surface area contributed by atoms with Crippen molar-refractivity contribution in [1.29, 1.82) is 0 Å². The van der Waals surface area contributed by atoms with Gasteiger partial charge in [-0.05, 0) is 52.0 Å². The number of hydrogen-bond acceptors (Lipinski definition) is 5. The first-order valence-corrected chi connectivity index (χ1v) is 9.73. The second kappa shape index (κ2) is 10.6. The minimum Gasteiger partial charge on any atom is -0.444 e. The van der Waals surface area contributed by atoms with Gasteiger partial charge in [0.25, 0.3) is 0 Å². The van der Waals surface area contributed by atoms with Crippen molar-refractivity contribution >= 4 is 6.09 Å². The minimum atomic E-state index is -0.566. The van der Waals surface area contributed by atoms with Gasteiger partial charge < -0.3 is 24.6 Å². The van der Waals surface area contributed by atoms with Crippen LogP contribution >= 0.6 is 0 Å². The number of hydrogen-bond donors (Lipinski definition) is 2. The number of nitrogens with one attached hydrogen (secondary N) is 1. The molecule has 0 radical (unpaired) electrons. The number of alkyl carbamates (subject to hydrolysis) is 1. The molecule has 1 aromatic rings. The van der Waals surface area contributed by atoms with E-state index in [2.05, 4.69) is 17.4 Å². The van der Waals surface area contributed by atoms with Gasteiger partial charge in [0.1, 0.15) is 5.60 Å². The molecule has 0 aromatic heterocycles. The first-order valence-electron chi connectivity index (χ1n) is 9.73. The van der Waals surface area contributed by atoms with Crippen LogP contribution in [0, 0.1) is 0 Å². The molecule has 152 valence electrons. The van der Waals surface area contributed by atoms with Gasteiger partial charge in [-0.1, -0.05) is 30.3 Å². The fraction of sp³-hybridized carbons (Fsp3) is 0.667. The number of rotatable bonds is 8. The molecule has 1 saturated carbocycles. The van der Waals surface area contributed by atoms with Crippen LogP contribution in [0.3, 0.4) is 0 Å². The fourth-order valence-electron chi connectivity index (χ4n) is 3.02. The molecule has 6 nitrogen and oxygen atoms in total. The zero-order chi connectivity index (χ0) is 19.7. The van der Waals surface area contributed by atoms with Crippen LogP contribution in [0.15, 0.2) is 30.3 Å². The molecule has 2 rings (SSSR count). The van der Waals surface area contributed by atoms with Gasteiger partial charge in [-0.3, -0.25) is 0 Å². The molecule has 1 fully saturated rings. The largest absolute Gasteiger partial charge is 0.444 e. The zero-order valence-electron chi connectivity index (χ0n) is 16.6. The molecule has 1 aromatic carbocycles. The van der Waals surface area contributed by atoms with E-state index in [0.29, 0.717) is 6.61 Å². The van der Waals surface area contributed by atoms with Crippen molar-refractivity contribution in [2.75, 3.05) is 13.2 Å². The van der Waals surface area contributed by atoms with Crippen LogP contribution in [0.4, 0.5) is 4.79 Å². The van der Waals surface area contributed by atoms with Gasteiger partial charge in [0, 0.05) is 0 Å². The Morgan fingerprint density at radius 2 is 1.70 bits per heavy atom. The summed E-state index contributed by atoms with van der Waals surface area (Å²) in [5, 5.41) is 12.1. The van der Waals surface area contributed by atoms with Crippen molar-refractivity contribution in [3.63, 3.8) is 0 Å². The van der Waals surface area contributed by atoms with Gasteiger partial charge >= 0.3 is 6.09 Å². The highest BCUT2D eigenvalue weighted by Crippen LogP contribution is 2.24. The number of carbonyl (C=O) groups is 1. The summed E-state index contributed by atoms with van der Waals surface area (Å²) < 4.78 is 17.1.